The fraction of sp³-hybridized carbons (Fsp3) is 0.222. The van der Waals surface area contributed by atoms with Crippen molar-refractivity contribution in [3.05, 3.63) is 30.1 Å². The molecule has 3 N–H and O–H groups in total. The topological polar surface area (TPSA) is 55.1 Å². The number of primary amides is 1. The Balaban J connectivity index is 2.37. The Kier molecular flexibility index (Phi) is 3.25. The summed E-state index contributed by atoms with van der Waals surface area (Å²) in [7, 11) is 0. The monoisotopic (exact) mass is 182 g/mol. The highest BCUT2D eigenvalue weighted by Crippen LogP contribution is 2.07. The fourth-order valence-corrected chi connectivity index (χ4v) is 0.898. The molecule has 0 saturated heterocycles. The van der Waals surface area contributed by atoms with Gasteiger partial charge in [-0.1, -0.05) is 0 Å². The first-order chi connectivity index (χ1) is 6.18. The Morgan fingerprint density at radius 3 is 2.54 bits per heavy atom. The fourth-order valence-electron chi connectivity index (χ4n) is 0.898. The number of halogens is 1. The molecule has 0 heterocycles. The third-order valence-electron chi connectivity index (χ3n) is 1.54. The molecular formula is C9H11FN2O. The summed E-state index contributed by atoms with van der Waals surface area (Å²) >= 11 is 0. The molecule has 0 radical (unpaired) electrons. The highest BCUT2D eigenvalue weighted by atomic mass is 19.1. The zero-order valence-corrected chi connectivity index (χ0v) is 7.09. The van der Waals surface area contributed by atoms with E-state index in [1.165, 1.54) is 12.1 Å². The second-order valence-corrected chi connectivity index (χ2v) is 2.65. The van der Waals surface area contributed by atoms with Crippen LogP contribution in [0, 0.1) is 5.82 Å². The molecular weight excluding hydrogens is 171 g/mol. The summed E-state index contributed by atoms with van der Waals surface area (Å²) < 4.78 is 12.4. The maximum absolute atomic E-state index is 12.4. The molecule has 1 aromatic carbocycles. The first kappa shape index (κ1) is 9.51. The standard InChI is InChI=1S/C9H11FN2O/c10-7-1-3-8(4-2-7)12-6-5-9(11)13/h1-4,12H,5-6H2,(H2,11,13). The summed E-state index contributed by atoms with van der Waals surface area (Å²) in [6, 6.07) is 5.92. The molecule has 0 bridgehead atoms. The first-order valence-electron chi connectivity index (χ1n) is 3.96. The number of anilines is 1. The van der Waals surface area contributed by atoms with Crippen LogP contribution in [0.5, 0.6) is 0 Å². The van der Waals surface area contributed by atoms with E-state index in [4.69, 9.17) is 5.73 Å². The molecule has 0 aromatic heterocycles. The number of benzene rings is 1. The number of amides is 1. The van der Waals surface area contributed by atoms with Crippen molar-refractivity contribution < 1.29 is 9.18 Å². The molecule has 0 fully saturated rings. The average Bonchev–Trinajstić information content (AvgIpc) is 2.08. The van der Waals surface area contributed by atoms with Crippen LogP contribution in [-0.2, 0) is 4.79 Å². The molecule has 70 valence electrons. The van der Waals surface area contributed by atoms with Gasteiger partial charge in [-0.25, -0.2) is 4.39 Å². The zero-order chi connectivity index (χ0) is 9.68. The van der Waals surface area contributed by atoms with Gasteiger partial charge in [-0.3, -0.25) is 4.79 Å². The molecule has 0 atom stereocenters. The van der Waals surface area contributed by atoms with Crippen LogP contribution in [0.25, 0.3) is 0 Å². The Bertz CT molecular complexity index is 284. The molecule has 13 heavy (non-hydrogen) atoms. The van der Waals surface area contributed by atoms with Gasteiger partial charge in [-0.05, 0) is 24.3 Å². The molecule has 0 spiro atoms. The maximum atomic E-state index is 12.4. The van der Waals surface area contributed by atoms with Crippen LogP contribution in [-0.4, -0.2) is 12.5 Å². The molecule has 3 nitrogen and oxygen atoms in total. The summed E-state index contributed by atoms with van der Waals surface area (Å²) in [6.45, 7) is 0.473. The predicted molar refractivity (Wildman–Crippen MR) is 48.7 cm³/mol. The number of carbonyl (C=O) groups excluding carboxylic acids is 1. The van der Waals surface area contributed by atoms with Gasteiger partial charge in [-0.2, -0.15) is 0 Å². The van der Waals surface area contributed by atoms with E-state index in [2.05, 4.69) is 5.32 Å². The van der Waals surface area contributed by atoms with Crippen LogP contribution in [0.15, 0.2) is 24.3 Å². The van der Waals surface area contributed by atoms with Crippen LogP contribution >= 0.6 is 0 Å². The van der Waals surface area contributed by atoms with E-state index in [9.17, 15) is 9.18 Å². The average molecular weight is 182 g/mol. The van der Waals surface area contributed by atoms with Crippen molar-refractivity contribution >= 4 is 11.6 Å². The molecule has 4 heteroatoms. The third kappa shape index (κ3) is 3.55. The van der Waals surface area contributed by atoms with Gasteiger partial charge in [0.2, 0.25) is 5.91 Å². The summed E-state index contributed by atoms with van der Waals surface area (Å²) in [5.41, 5.74) is 5.72. The van der Waals surface area contributed by atoms with Crippen molar-refractivity contribution in [1.29, 1.82) is 0 Å². The number of nitrogens with one attached hydrogen (secondary N) is 1. The second kappa shape index (κ2) is 4.45. The van der Waals surface area contributed by atoms with Gasteiger partial charge in [-0.15, -0.1) is 0 Å². The zero-order valence-electron chi connectivity index (χ0n) is 7.09. The van der Waals surface area contributed by atoms with Gasteiger partial charge in [0.15, 0.2) is 0 Å². The Hall–Kier alpha value is -1.58. The van der Waals surface area contributed by atoms with Gasteiger partial charge >= 0.3 is 0 Å². The number of nitrogens with two attached hydrogens (primary N) is 1. The van der Waals surface area contributed by atoms with E-state index in [1.807, 2.05) is 0 Å². The highest BCUT2D eigenvalue weighted by Gasteiger charge is 1.94. The molecule has 1 amide bonds. The lowest BCUT2D eigenvalue weighted by Crippen LogP contribution is -2.15. The lowest BCUT2D eigenvalue weighted by atomic mass is 10.3. The SMILES string of the molecule is NC(=O)CCNc1ccc(F)cc1. The molecule has 0 aliphatic heterocycles. The quantitative estimate of drug-likeness (QED) is 0.732. The van der Waals surface area contributed by atoms with Crippen molar-refractivity contribution in [3.63, 3.8) is 0 Å². The lowest BCUT2D eigenvalue weighted by Gasteiger charge is -2.03. The van der Waals surface area contributed by atoms with Crippen LogP contribution in [0.2, 0.25) is 0 Å². The summed E-state index contributed by atoms with van der Waals surface area (Å²) in [6.07, 6.45) is 0.275. The molecule has 0 aliphatic carbocycles. The van der Waals surface area contributed by atoms with Crippen molar-refractivity contribution in [1.82, 2.24) is 0 Å². The van der Waals surface area contributed by atoms with Crippen LogP contribution in [0.4, 0.5) is 10.1 Å². The van der Waals surface area contributed by atoms with E-state index in [0.29, 0.717) is 6.54 Å². The van der Waals surface area contributed by atoms with Crippen LogP contribution in [0.1, 0.15) is 6.42 Å². The van der Waals surface area contributed by atoms with Crippen molar-refractivity contribution in [2.45, 2.75) is 6.42 Å². The normalized spacial score (nSPS) is 9.62. The van der Waals surface area contributed by atoms with E-state index in [1.54, 1.807) is 12.1 Å². The van der Waals surface area contributed by atoms with Gasteiger partial charge < -0.3 is 11.1 Å². The molecule has 0 aliphatic rings. The Morgan fingerprint density at radius 2 is 2.00 bits per heavy atom. The first-order valence-corrected chi connectivity index (χ1v) is 3.96. The summed E-state index contributed by atoms with van der Waals surface area (Å²) in [5.74, 6) is -0.630. The van der Waals surface area contributed by atoms with E-state index >= 15 is 0 Å². The number of rotatable bonds is 4. The van der Waals surface area contributed by atoms with Crippen LogP contribution < -0.4 is 11.1 Å². The summed E-state index contributed by atoms with van der Waals surface area (Å²) in [4.78, 5) is 10.4. The van der Waals surface area contributed by atoms with Gasteiger partial charge in [0, 0.05) is 18.7 Å². The largest absolute Gasteiger partial charge is 0.385 e. The Labute approximate surface area is 75.7 Å². The minimum absolute atomic E-state index is 0.275. The second-order valence-electron chi connectivity index (χ2n) is 2.65. The number of hydrogen-bond acceptors (Lipinski definition) is 2. The molecule has 0 unspecified atom stereocenters. The minimum atomic E-state index is -0.352. The predicted octanol–water partition coefficient (Wildman–Crippen LogP) is 1.11. The highest BCUT2D eigenvalue weighted by molar-refractivity contribution is 5.74. The van der Waals surface area contributed by atoms with E-state index < -0.39 is 0 Å². The van der Waals surface area contributed by atoms with Gasteiger partial charge in [0.1, 0.15) is 5.82 Å². The van der Waals surface area contributed by atoms with Gasteiger partial charge in [0.05, 0.1) is 0 Å². The van der Waals surface area contributed by atoms with Gasteiger partial charge in [0.25, 0.3) is 0 Å². The molecule has 1 rings (SSSR count). The molecule has 1 aromatic rings. The maximum Gasteiger partial charge on any atom is 0.219 e. The van der Waals surface area contributed by atoms with Crippen molar-refractivity contribution in [2.24, 2.45) is 5.73 Å². The third-order valence-corrected chi connectivity index (χ3v) is 1.54. The Morgan fingerprint density at radius 1 is 1.38 bits per heavy atom. The molecule has 0 saturated carbocycles. The number of carbonyl (C=O) groups is 1. The van der Waals surface area contributed by atoms with Crippen molar-refractivity contribution in [3.8, 4) is 0 Å². The summed E-state index contributed by atoms with van der Waals surface area (Å²) in [5, 5.41) is 2.94. The lowest BCUT2D eigenvalue weighted by molar-refractivity contribution is -0.117. The smallest absolute Gasteiger partial charge is 0.219 e. The van der Waals surface area contributed by atoms with E-state index in [0.717, 1.165) is 5.69 Å². The number of hydrogen-bond donors (Lipinski definition) is 2. The van der Waals surface area contributed by atoms with Crippen LogP contribution in [0.3, 0.4) is 0 Å². The van der Waals surface area contributed by atoms with E-state index in [-0.39, 0.29) is 18.1 Å². The minimum Gasteiger partial charge on any atom is -0.385 e. The van der Waals surface area contributed by atoms with Crippen molar-refractivity contribution in [2.75, 3.05) is 11.9 Å².